The van der Waals surface area contributed by atoms with Gasteiger partial charge in [0.1, 0.15) is 24.3 Å². The summed E-state index contributed by atoms with van der Waals surface area (Å²) in [6.45, 7) is 14.2. The van der Waals surface area contributed by atoms with Gasteiger partial charge in [0.2, 0.25) is 0 Å². The number of carbonyl (C=O) groups is 3. The van der Waals surface area contributed by atoms with E-state index >= 15 is 0 Å². The second-order valence-electron chi connectivity index (χ2n) is 11.4. The monoisotopic (exact) mass is 505 g/mol. The summed E-state index contributed by atoms with van der Waals surface area (Å²) in [6.07, 6.45) is 3.82. The van der Waals surface area contributed by atoms with E-state index in [1.54, 1.807) is 20.8 Å². The first-order valence-electron chi connectivity index (χ1n) is 13.0. The lowest BCUT2D eigenvalue weighted by Gasteiger charge is -2.27. The molecule has 0 spiro atoms. The minimum atomic E-state index is -0.853. The van der Waals surface area contributed by atoms with Crippen LogP contribution in [0.1, 0.15) is 91.7 Å². The predicted molar refractivity (Wildman–Crippen MR) is 142 cm³/mol. The van der Waals surface area contributed by atoms with E-state index in [1.165, 1.54) is 5.56 Å². The molecule has 1 aromatic carbocycles. The average Bonchev–Trinajstić information content (AvgIpc) is 2.78. The fourth-order valence-electron chi connectivity index (χ4n) is 3.43. The van der Waals surface area contributed by atoms with Crippen molar-refractivity contribution in [2.45, 2.75) is 111 Å². The first-order chi connectivity index (χ1) is 16.7. The maximum absolute atomic E-state index is 12.9. The van der Waals surface area contributed by atoms with Crippen molar-refractivity contribution in [3.63, 3.8) is 0 Å². The van der Waals surface area contributed by atoms with Crippen molar-refractivity contribution >= 4 is 18.0 Å². The Bertz CT molecular complexity index is 825. The lowest BCUT2D eigenvalue weighted by Crippen LogP contribution is -2.52. The Kier molecular flexibility index (Phi) is 12.9. The van der Waals surface area contributed by atoms with E-state index < -0.39 is 35.7 Å². The Morgan fingerprint density at radius 3 is 1.92 bits per heavy atom. The molecule has 0 bridgehead atoms. The fraction of sp³-hybridized carbons (Fsp3) is 0.679. The first kappa shape index (κ1) is 31.4. The zero-order valence-corrected chi connectivity index (χ0v) is 23.2. The van der Waals surface area contributed by atoms with Crippen LogP contribution in [-0.2, 0) is 32.1 Å². The molecule has 0 fully saturated rings. The van der Waals surface area contributed by atoms with E-state index in [2.05, 4.69) is 38.3 Å². The number of hydrogen-bond acceptors (Lipinski definition) is 6. The van der Waals surface area contributed by atoms with Crippen LogP contribution in [0, 0.1) is 5.41 Å². The van der Waals surface area contributed by atoms with Gasteiger partial charge >= 0.3 is 18.0 Å². The number of unbranched alkanes of at least 4 members (excludes halogenated alkanes) is 1. The fourth-order valence-corrected chi connectivity index (χ4v) is 3.43. The van der Waals surface area contributed by atoms with Gasteiger partial charge in [0, 0.05) is 0 Å². The molecule has 0 heterocycles. The topological polar surface area (TPSA) is 120 Å². The number of benzene rings is 1. The van der Waals surface area contributed by atoms with Crippen molar-refractivity contribution in [1.82, 2.24) is 10.6 Å². The molecule has 2 amide bonds. The number of carbonyl (C=O) groups excluding carboxylic acids is 3. The van der Waals surface area contributed by atoms with Crippen LogP contribution in [-0.4, -0.2) is 42.2 Å². The number of hydrogen-bond donors (Lipinski definition) is 3. The Labute approximate surface area is 217 Å². The molecular formula is C28H47N3O5. The van der Waals surface area contributed by atoms with Gasteiger partial charge in [-0.25, -0.2) is 14.4 Å². The quantitative estimate of drug-likeness (QED) is 0.266. The molecule has 2 atom stereocenters. The maximum Gasteiger partial charge on any atom is 0.329 e. The van der Waals surface area contributed by atoms with Crippen LogP contribution in [0.5, 0.6) is 0 Å². The van der Waals surface area contributed by atoms with Gasteiger partial charge in [0.05, 0.1) is 0 Å². The van der Waals surface area contributed by atoms with E-state index in [1.807, 2.05) is 24.3 Å². The third-order valence-corrected chi connectivity index (χ3v) is 5.53. The van der Waals surface area contributed by atoms with Crippen LogP contribution >= 0.6 is 0 Å². The summed E-state index contributed by atoms with van der Waals surface area (Å²) in [7, 11) is 0. The average molecular weight is 506 g/mol. The van der Waals surface area contributed by atoms with E-state index in [-0.39, 0.29) is 12.0 Å². The van der Waals surface area contributed by atoms with Gasteiger partial charge in [-0.15, -0.1) is 0 Å². The van der Waals surface area contributed by atoms with Crippen molar-refractivity contribution in [2.75, 3.05) is 6.54 Å². The highest BCUT2D eigenvalue weighted by molar-refractivity contribution is 5.87. The van der Waals surface area contributed by atoms with E-state index in [4.69, 9.17) is 15.2 Å². The highest BCUT2D eigenvalue weighted by Gasteiger charge is 2.30. The van der Waals surface area contributed by atoms with Crippen LogP contribution in [0.15, 0.2) is 24.3 Å². The van der Waals surface area contributed by atoms with Crippen molar-refractivity contribution in [2.24, 2.45) is 11.1 Å². The van der Waals surface area contributed by atoms with Gasteiger partial charge in [-0.1, -0.05) is 52.0 Å². The SMILES string of the molecule is CCc1ccc(COC(=O)[C@H](CCCCN)NC(=O)N[C@@H](CCC(C)(C)C)C(=O)OC(C)(C)C)cc1. The van der Waals surface area contributed by atoms with Crippen molar-refractivity contribution < 1.29 is 23.9 Å². The molecule has 8 nitrogen and oxygen atoms in total. The number of urea groups is 1. The number of amides is 2. The largest absolute Gasteiger partial charge is 0.459 e. The Balaban J connectivity index is 2.85. The molecule has 0 unspecified atom stereocenters. The Morgan fingerprint density at radius 1 is 0.861 bits per heavy atom. The molecular weight excluding hydrogens is 458 g/mol. The summed E-state index contributed by atoms with van der Waals surface area (Å²) < 4.78 is 11.0. The van der Waals surface area contributed by atoms with Crippen LogP contribution in [0.4, 0.5) is 4.79 Å². The van der Waals surface area contributed by atoms with Crippen LogP contribution < -0.4 is 16.4 Å². The molecule has 4 N–H and O–H groups in total. The molecule has 0 saturated carbocycles. The summed E-state index contributed by atoms with van der Waals surface area (Å²) in [4.78, 5) is 38.5. The molecule has 204 valence electrons. The number of rotatable bonds is 13. The smallest absolute Gasteiger partial charge is 0.329 e. The molecule has 0 saturated heterocycles. The number of aryl methyl sites for hydroxylation is 1. The third-order valence-electron chi connectivity index (χ3n) is 5.53. The van der Waals surface area contributed by atoms with Crippen molar-refractivity contribution in [3.05, 3.63) is 35.4 Å². The highest BCUT2D eigenvalue weighted by atomic mass is 16.6. The van der Waals surface area contributed by atoms with E-state index in [0.717, 1.165) is 18.4 Å². The standard InChI is InChI=1S/C28H47N3O5/c1-8-20-12-14-21(15-13-20)19-35-24(32)22(11-9-10-18-29)30-26(34)31-23(16-17-27(2,3)4)25(33)36-28(5,6)7/h12-15,22-23H,8-11,16-19,29H2,1-7H3,(H2,30,31,34)/t22-,23-/m0/s1. The van der Waals surface area contributed by atoms with Crippen LogP contribution in [0.3, 0.4) is 0 Å². The predicted octanol–water partition coefficient (Wildman–Crippen LogP) is 4.63. The number of nitrogens with two attached hydrogens (primary N) is 1. The van der Waals surface area contributed by atoms with Gasteiger partial charge in [-0.2, -0.15) is 0 Å². The summed E-state index contributed by atoms with van der Waals surface area (Å²) >= 11 is 0. The molecule has 0 aromatic heterocycles. The molecule has 0 aliphatic carbocycles. The van der Waals surface area contributed by atoms with Gasteiger partial charge < -0.3 is 25.8 Å². The third kappa shape index (κ3) is 13.5. The van der Waals surface area contributed by atoms with E-state index in [9.17, 15) is 14.4 Å². The summed E-state index contributed by atoms with van der Waals surface area (Å²) in [5.74, 6) is -1.02. The zero-order chi connectivity index (χ0) is 27.4. The first-order valence-corrected chi connectivity index (χ1v) is 13.0. The summed E-state index contributed by atoms with van der Waals surface area (Å²) in [5.41, 5.74) is 6.97. The Morgan fingerprint density at radius 2 is 1.42 bits per heavy atom. The lowest BCUT2D eigenvalue weighted by atomic mass is 9.88. The summed E-state index contributed by atoms with van der Waals surface area (Å²) in [5, 5.41) is 5.42. The molecule has 1 rings (SSSR count). The second-order valence-corrected chi connectivity index (χ2v) is 11.4. The molecule has 0 aliphatic heterocycles. The molecule has 8 heteroatoms. The van der Waals surface area contributed by atoms with Gasteiger partial charge in [-0.05, 0) is 82.4 Å². The van der Waals surface area contributed by atoms with Crippen molar-refractivity contribution in [1.29, 1.82) is 0 Å². The second kappa shape index (κ2) is 14.8. The number of nitrogens with one attached hydrogen (secondary N) is 2. The van der Waals surface area contributed by atoms with Gasteiger partial charge in [-0.3, -0.25) is 0 Å². The molecule has 0 radical (unpaired) electrons. The number of ether oxygens (including phenoxy) is 2. The van der Waals surface area contributed by atoms with Crippen molar-refractivity contribution in [3.8, 4) is 0 Å². The zero-order valence-electron chi connectivity index (χ0n) is 23.2. The molecule has 1 aromatic rings. The van der Waals surface area contributed by atoms with Crippen LogP contribution in [0.25, 0.3) is 0 Å². The maximum atomic E-state index is 12.9. The van der Waals surface area contributed by atoms with Gasteiger partial charge in [0.15, 0.2) is 0 Å². The normalized spacial score (nSPS) is 13.4. The summed E-state index contributed by atoms with van der Waals surface area (Å²) in [6, 6.07) is 5.56. The van der Waals surface area contributed by atoms with E-state index in [0.29, 0.717) is 32.2 Å². The minimum Gasteiger partial charge on any atom is -0.459 e. The number of esters is 2. The lowest BCUT2D eigenvalue weighted by molar-refractivity contribution is -0.157. The Hall–Kier alpha value is -2.61. The molecule has 0 aliphatic rings. The van der Waals surface area contributed by atoms with Crippen LogP contribution in [0.2, 0.25) is 0 Å². The molecule has 36 heavy (non-hydrogen) atoms. The minimum absolute atomic E-state index is 0.0255. The highest BCUT2D eigenvalue weighted by Crippen LogP contribution is 2.22. The van der Waals surface area contributed by atoms with Gasteiger partial charge in [0.25, 0.3) is 0 Å².